The third kappa shape index (κ3) is 3.29. The van der Waals surface area contributed by atoms with E-state index in [9.17, 15) is 9.59 Å². The summed E-state index contributed by atoms with van der Waals surface area (Å²) in [6.45, 7) is 3.58. The fourth-order valence-corrected chi connectivity index (χ4v) is 2.32. The lowest BCUT2D eigenvalue weighted by atomic mass is 10.1. The minimum absolute atomic E-state index is 0.152. The number of ether oxygens (including phenoxy) is 1. The third-order valence-electron chi connectivity index (χ3n) is 3.37. The van der Waals surface area contributed by atoms with Gasteiger partial charge < -0.3 is 14.6 Å². The van der Waals surface area contributed by atoms with Crippen molar-refractivity contribution in [2.45, 2.75) is 6.54 Å². The van der Waals surface area contributed by atoms with E-state index >= 15 is 0 Å². The van der Waals surface area contributed by atoms with Crippen LogP contribution in [0.4, 0.5) is 0 Å². The molecule has 112 valence electrons. The van der Waals surface area contributed by atoms with Gasteiger partial charge >= 0.3 is 5.76 Å². The van der Waals surface area contributed by atoms with Gasteiger partial charge in [0.05, 0.1) is 13.2 Å². The number of rotatable bonds is 3. The van der Waals surface area contributed by atoms with Crippen LogP contribution in [0.5, 0.6) is 0 Å². The predicted molar refractivity (Wildman–Crippen MR) is 74.0 cm³/mol. The fraction of sp³-hybridized carbons (Fsp3) is 0.462. The van der Waals surface area contributed by atoms with Gasteiger partial charge in [0.15, 0.2) is 5.82 Å². The van der Waals surface area contributed by atoms with Crippen LogP contribution in [0, 0.1) is 5.92 Å². The van der Waals surface area contributed by atoms with Crippen LogP contribution in [0.1, 0.15) is 0 Å². The van der Waals surface area contributed by atoms with Crippen molar-refractivity contribution in [2.24, 2.45) is 5.92 Å². The summed E-state index contributed by atoms with van der Waals surface area (Å²) >= 11 is 0. The number of hydrogen-bond acceptors (Lipinski definition) is 6. The van der Waals surface area contributed by atoms with E-state index in [1.807, 2.05) is 0 Å². The molecule has 8 nitrogen and oxygen atoms in total. The summed E-state index contributed by atoms with van der Waals surface area (Å²) in [6, 6.07) is 3.15. The van der Waals surface area contributed by atoms with E-state index < -0.39 is 5.76 Å². The highest BCUT2D eigenvalue weighted by atomic mass is 16.5. The molecule has 1 saturated heterocycles. The Balaban J connectivity index is 1.78. The van der Waals surface area contributed by atoms with E-state index in [0.29, 0.717) is 25.3 Å². The number of nitrogens with zero attached hydrogens (tertiary/aromatic N) is 2. The summed E-state index contributed by atoms with van der Waals surface area (Å²) in [5.41, 5.74) is 0.373. The topological polar surface area (TPSA) is 102 Å². The summed E-state index contributed by atoms with van der Waals surface area (Å²) in [6.07, 6.45) is 1.69. The van der Waals surface area contributed by atoms with Crippen molar-refractivity contribution in [1.29, 1.82) is 0 Å². The average Bonchev–Trinajstić information content (AvgIpc) is 2.74. The summed E-state index contributed by atoms with van der Waals surface area (Å²) < 4.78 is 11.5. The Bertz CT molecular complexity index is 709. The van der Waals surface area contributed by atoms with Crippen molar-refractivity contribution >= 4 is 0 Å². The molecule has 1 unspecified atom stereocenters. The van der Waals surface area contributed by atoms with Gasteiger partial charge in [-0.25, -0.2) is 4.79 Å². The summed E-state index contributed by atoms with van der Waals surface area (Å²) in [4.78, 5) is 25.5. The van der Waals surface area contributed by atoms with Crippen LogP contribution in [0.25, 0.3) is 11.4 Å². The quantitative estimate of drug-likeness (QED) is 0.785. The van der Waals surface area contributed by atoms with Crippen molar-refractivity contribution in [3.05, 3.63) is 39.2 Å². The molecule has 2 aromatic rings. The van der Waals surface area contributed by atoms with Crippen LogP contribution in [-0.2, 0) is 11.3 Å². The molecule has 1 fully saturated rings. The minimum Gasteiger partial charge on any atom is -0.380 e. The highest BCUT2D eigenvalue weighted by molar-refractivity contribution is 5.52. The van der Waals surface area contributed by atoms with Gasteiger partial charge in [-0.3, -0.25) is 14.3 Å². The second kappa shape index (κ2) is 6.06. The first-order valence-electron chi connectivity index (χ1n) is 6.78. The summed E-state index contributed by atoms with van der Waals surface area (Å²) in [5.74, 6) is -0.137. The van der Waals surface area contributed by atoms with E-state index in [1.165, 1.54) is 6.07 Å². The standard InChI is InChI=1S/C13H16N4O4/c18-11-5-10(12-15-13(19)21-16-12)1-3-17(11)7-9-6-14-2-4-20-8-9/h1,3,5,9,14H,2,4,6-8H2,(H,15,16,19). The molecule has 0 aliphatic carbocycles. The molecule has 0 bridgehead atoms. The molecule has 1 aliphatic rings. The molecule has 3 rings (SSSR count). The highest BCUT2D eigenvalue weighted by Crippen LogP contribution is 2.10. The van der Waals surface area contributed by atoms with Gasteiger partial charge in [0.1, 0.15) is 0 Å². The zero-order valence-corrected chi connectivity index (χ0v) is 11.4. The van der Waals surface area contributed by atoms with Crippen molar-refractivity contribution in [2.75, 3.05) is 26.3 Å². The van der Waals surface area contributed by atoms with Crippen LogP contribution < -0.4 is 16.6 Å². The Morgan fingerprint density at radius 2 is 2.33 bits per heavy atom. The summed E-state index contributed by atoms with van der Waals surface area (Å²) in [7, 11) is 0. The Morgan fingerprint density at radius 1 is 1.43 bits per heavy atom. The van der Waals surface area contributed by atoms with Gasteiger partial charge in [-0.15, -0.1) is 0 Å². The van der Waals surface area contributed by atoms with Crippen molar-refractivity contribution in [3.8, 4) is 11.4 Å². The Kier molecular flexibility index (Phi) is 3.98. The average molecular weight is 292 g/mol. The number of pyridine rings is 1. The maximum atomic E-state index is 12.1. The lowest BCUT2D eigenvalue weighted by Crippen LogP contribution is -2.30. The molecular weight excluding hydrogens is 276 g/mol. The Hall–Kier alpha value is -2.19. The lowest BCUT2D eigenvalue weighted by molar-refractivity contribution is 0.117. The first kappa shape index (κ1) is 13.8. The maximum Gasteiger partial charge on any atom is 0.439 e. The molecule has 0 aromatic carbocycles. The molecule has 2 aromatic heterocycles. The molecular formula is C13H16N4O4. The molecule has 0 radical (unpaired) electrons. The van der Waals surface area contributed by atoms with Crippen LogP contribution in [0.15, 0.2) is 32.4 Å². The number of H-pyrrole nitrogens is 1. The smallest absolute Gasteiger partial charge is 0.380 e. The van der Waals surface area contributed by atoms with Crippen LogP contribution in [0.2, 0.25) is 0 Å². The number of hydrogen-bond donors (Lipinski definition) is 2. The van der Waals surface area contributed by atoms with Crippen molar-refractivity contribution in [1.82, 2.24) is 20.0 Å². The minimum atomic E-state index is -0.643. The third-order valence-corrected chi connectivity index (χ3v) is 3.37. The Morgan fingerprint density at radius 3 is 3.10 bits per heavy atom. The molecule has 0 amide bonds. The van der Waals surface area contributed by atoms with E-state index in [2.05, 4.69) is 20.0 Å². The normalized spacial score (nSPS) is 19.3. The molecule has 1 aliphatic heterocycles. The van der Waals surface area contributed by atoms with E-state index in [1.54, 1.807) is 16.8 Å². The monoisotopic (exact) mass is 292 g/mol. The number of aromatic nitrogens is 3. The Labute approximate surface area is 119 Å². The molecule has 0 saturated carbocycles. The van der Waals surface area contributed by atoms with Gasteiger partial charge in [0.25, 0.3) is 5.56 Å². The second-order valence-electron chi connectivity index (χ2n) is 4.99. The van der Waals surface area contributed by atoms with Gasteiger partial charge in [-0.05, 0) is 6.07 Å². The largest absolute Gasteiger partial charge is 0.439 e. The zero-order valence-electron chi connectivity index (χ0n) is 11.4. The van der Waals surface area contributed by atoms with Crippen LogP contribution in [0.3, 0.4) is 0 Å². The first-order chi connectivity index (χ1) is 10.2. The lowest BCUT2D eigenvalue weighted by Gasteiger charge is -2.15. The van der Waals surface area contributed by atoms with E-state index in [4.69, 9.17) is 4.74 Å². The fourth-order valence-electron chi connectivity index (χ4n) is 2.32. The van der Waals surface area contributed by atoms with Crippen LogP contribution in [-0.4, -0.2) is 41.0 Å². The van der Waals surface area contributed by atoms with Gasteiger partial charge in [-0.1, -0.05) is 5.16 Å². The maximum absolute atomic E-state index is 12.1. The predicted octanol–water partition coefficient (Wildman–Crippen LogP) is -0.572. The molecule has 2 N–H and O–H groups in total. The number of aromatic amines is 1. The van der Waals surface area contributed by atoms with Gasteiger partial charge in [-0.2, -0.15) is 0 Å². The van der Waals surface area contributed by atoms with Gasteiger partial charge in [0.2, 0.25) is 0 Å². The van der Waals surface area contributed by atoms with E-state index in [0.717, 1.165) is 13.1 Å². The van der Waals surface area contributed by atoms with Gasteiger partial charge in [0, 0.05) is 43.4 Å². The molecule has 3 heterocycles. The molecule has 21 heavy (non-hydrogen) atoms. The first-order valence-corrected chi connectivity index (χ1v) is 6.78. The number of nitrogens with one attached hydrogen (secondary N) is 2. The highest BCUT2D eigenvalue weighted by Gasteiger charge is 2.14. The van der Waals surface area contributed by atoms with Crippen LogP contribution >= 0.6 is 0 Å². The molecule has 1 atom stereocenters. The molecule has 0 spiro atoms. The van der Waals surface area contributed by atoms with E-state index in [-0.39, 0.29) is 17.3 Å². The SMILES string of the molecule is O=c1[nH]c(-c2ccn(CC3CNCCOC3)c(=O)c2)no1. The molecule has 8 heteroatoms. The second-order valence-corrected chi connectivity index (χ2v) is 4.99. The summed E-state index contributed by atoms with van der Waals surface area (Å²) in [5, 5.41) is 6.84. The zero-order chi connectivity index (χ0) is 14.7. The van der Waals surface area contributed by atoms with Crippen molar-refractivity contribution in [3.63, 3.8) is 0 Å². The van der Waals surface area contributed by atoms with Crippen molar-refractivity contribution < 1.29 is 9.26 Å².